The van der Waals surface area contributed by atoms with Gasteiger partial charge in [-0.3, -0.25) is 0 Å². The molecule has 8 rings (SSSR count). The molecule has 0 amide bonds. The Balaban J connectivity index is 1.48. The quantitative estimate of drug-likeness (QED) is 0.0664. The van der Waals surface area contributed by atoms with Crippen molar-refractivity contribution in [1.82, 2.24) is 0 Å². The van der Waals surface area contributed by atoms with E-state index in [-0.39, 0.29) is 0 Å². The summed E-state index contributed by atoms with van der Waals surface area (Å²) in [6.07, 6.45) is 18.3. The van der Waals surface area contributed by atoms with Gasteiger partial charge >= 0.3 is 0 Å². The summed E-state index contributed by atoms with van der Waals surface area (Å²) in [5, 5.41) is 5.33. The largest absolute Gasteiger partial charge is 0.182 e. The molecule has 0 aliphatic carbocycles. The molecule has 272 valence electrons. The van der Waals surface area contributed by atoms with Gasteiger partial charge in [0, 0.05) is 0 Å². The van der Waals surface area contributed by atoms with E-state index in [4.69, 9.17) is 0 Å². The Morgan fingerprint density at radius 1 is 0.193 bits per heavy atom. The van der Waals surface area contributed by atoms with Crippen LogP contribution >= 0.6 is 0 Å². The minimum Gasteiger partial charge on any atom is -0.0623 e. The molecule has 0 saturated heterocycles. The van der Waals surface area contributed by atoms with Crippen molar-refractivity contribution in [2.75, 3.05) is 0 Å². The molecule has 0 nitrogen and oxygen atoms in total. The first-order chi connectivity index (χ1) is 28.3. The summed E-state index contributed by atoms with van der Waals surface area (Å²) in [6.45, 7) is 0. The van der Waals surface area contributed by atoms with Gasteiger partial charge in [-0.1, -0.05) is 267 Å². The Hall–Kier alpha value is -7.06. The molecule has 1 heteroatoms. The van der Waals surface area contributed by atoms with E-state index in [9.17, 15) is 0 Å². The van der Waals surface area contributed by atoms with Gasteiger partial charge in [0.2, 0.25) is 0 Å². The van der Waals surface area contributed by atoms with Gasteiger partial charge in [0.15, 0.2) is 8.07 Å². The van der Waals surface area contributed by atoms with E-state index in [2.05, 4.69) is 267 Å². The molecule has 0 aliphatic rings. The lowest BCUT2D eigenvalue weighted by Crippen LogP contribution is -2.76. The van der Waals surface area contributed by atoms with Crippen LogP contribution < -0.4 is 20.7 Å². The van der Waals surface area contributed by atoms with Gasteiger partial charge in [-0.2, -0.15) is 0 Å². The van der Waals surface area contributed by atoms with Crippen molar-refractivity contribution in [3.63, 3.8) is 0 Å². The van der Waals surface area contributed by atoms with E-state index in [0.29, 0.717) is 0 Å². The third-order valence-corrected chi connectivity index (χ3v) is 15.5. The van der Waals surface area contributed by atoms with Crippen molar-refractivity contribution in [3.8, 4) is 0 Å². The minimum atomic E-state index is -3.24. The van der Waals surface area contributed by atoms with Crippen molar-refractivity contribution in [2.45, 2.75) is 0 Å². The lowest BCUT2D eigenvalue weighted by molar-refractivity contribution is 1.61. The van der Waals surface area contributed by atoms with Crippen LogP contribution in [0.1, 0.15) is 44.5 Å². The van der Waals surface area contributed by atoms with Crippen LogP contribution in [0, 0.1) is 0 Å². The zero-order valence-corrected chi connectivity index (χ0v) is 32.9. The number of hydrogen-bond donors (Lipinski definition) is 0. The zero-order chi connectivity index (χ0) is 38.5. The topological polar surface area (TPSA) is 0 Å². The molecule has 0 fully saturated rings. The molecule has 8 aromatic rings. The van der Waals surface area contributed by atoms with Gasteiger partial charge in [0.25, 0.3) is 0 Å². The van der Waals surface area contributed by atoms with E-state index in [1.165, 1.54) is 65.3 Å². The van der Waals surface area contributed by atoms with Crippen LogP contribution in [-0.2, 0) is 0 Å². The maximum Gasteiger partial charge on any atom is 0.182 e. The van der Waals surface area contributed by atoms with Crippen LogP contribution in [0.25, 0.3) is 48.6 Å². The first-order valence-electron chi connectivity index (χ1n) is 19.6. The molecule has 0 spiro atoms. The predicted molar refractivity (Wildman–Crippen MR) is 252 cm³/mol. The molecule has 0 aliphatic heterocycles. The first-order valence-corrected chi connectivity index (χ1v) is 21.6. The van der Waals surface area contributed by atoms with Gasteiger partial charge < -0.3 is 0 Å². The minimum absolute atomic E-state index is 1.17. The van der Waals surface area contributed by atoms with Crippen molar-refractivity contribution in [1.29, 1.82) is 0 Å². The summed E-state index contributed by atoms with van der Waals surface area (Å²) >= 11 is 0. The van der Waals surface area contributed by atoms with E-state index in [1.54, 1.807) is 0 Å². The summed E-state index contributed by atoms with van der Waals surface area (Å²) in [7, 11) is -3.24. The summed E-state index contributed by atoms with van der Waals surface area (Å²) < 4.78 is 0. The lowest BCUT2D eigenvalue weighted by Gasteiger charge is -2.38. The summed E-state index contributed by atoms with van der Waals surface area (Å²) in [5.41, 5.74) is 9.51. The van der Waals surface area contributed by atoms with Crippen LogP contribution in [-0.4, -0.2) is 8.07 Å². The normalized spacial score (nSPS) is 12.8. The Bertz CT molecular complexity index is 2270. The number of benzene rings is 8. The van der Waals surface area contributed by atoms with Gasteiger partial charge in [0.1, 0.15) is 0 Å². The van der Waals surface area contributed by atoms with Crippen LogP contribution in [0.2, 0.25) is 0 Å². The number of rotatable bonds is 12. The molecular weight excluding hydrogens is 701 g/mol. The molecule has 0 unspecified atom stereocenters. The average molecular weight is 745 g/mol. The molecule has 57 heavy (non-hydrogen) atoms. The standard InChI is InChI=1S/C56H44Si/c1-5-21-45(22-6-1)37-41-49-29-13-17-33-53(49)57(54-34-18-14-30-50(54)42-38-46-23-7-2-8-24-46,55-35-19-15-31-51(55)43-39-47-25-9-3-10-26-47)56-36-20-16-32-52(56)44-40-48-27-11-4-12-28-48/h1-44H. The third-order valence-electron chi connectivity index (χ3n) is 10.5. The molecule has 0 bridgehead atoms. The fraction of sp³-hybridized carbons (Fsp3) is 0. The maximum absolute atomic E-state index is 3.24. The second-order valence-electron chi connectivity index (χ2n) is 14.1. The van der Waals surface area contributed by atoms with Gasteiger partial charge in [-0.15, -0.1) is 0 Å². The van der Waals surface area contributed by atoms with Gasteiger partial charge in [0.05, 0.1) is 0 Å². The smallest absolute Gasteiger partial charge is 0.0623 e. The van der Waals surface area contributed by atoms with Crippen molar-refractivity contribution >= 4 is 77.4 Å². The highest BCUT2D eigenvalue weighted by Crippen LogP contribution is 2.22. The van der Waals surface area contributed by atoms with Crippen LogP contribution in [0.15, 0.2) is 218 Å². The molecule has 0 atom stereocenters. The fourth-order valence-corrected chi connectivity index (χ4v) is 13.3. The Morgan fingerprint density at radius 3 is 0.614 bits per heavy atom. The van der Waals surface area contributed by atoms with Crippen molar-refractivity contribution in [2.24, 2.45) is 0 Å². The van der Waals surface area contributed by atoms with E-state index < -0.39 is 8.07 Å². The Kier molecular flexibility index (Phi) is 11.7. The molecule has 0 radical (unpaired) electrons. The highest BCUT2D eigenvalue weighted by atomic mass is 28.3. The predicted octanol–water partition coefficient (Wildman–Crippen LogP) is 11.7. The van der Waals surface area contributed by atoms with E-state index >= 15 is 0 Å². The third kappa shape index (κ3) is 8.45. The average Bonchev–Trinajstić information content (AvgIpc) is 3.29. The molecule has 0 saturated carbocycles. The van der Waals surface area contributed by atoms with Gasteiger partial charge in [-0.05, 0) is 65.3 Å². The maximum atomic E-state index is 2.39. The summed E-state index contributed by atoms with van der Waals surface area (Å²) in [5.74, 6) is 0. The first kappa shape index (κ1) is 36.9. The second kappa shape index (κ2) is 18.0. The highest BCUT2D eigenvalue weighted by Gasteiger charge is 2.45. The molecular formula is C56H44Si. The van der Waals surface area contributed by atoms with Crippen LogP contribution in [0.4, 0.5) is 0 Å². The van der Waals surface area contributed by atoms with E-state index in [0.717, 1.165) is 0 Å². The Labute approximate surface area is 338 Å². The molecule has 0 N–H and O–H groups in total. The summed E-state index contributed by atoms with van der Waals surface area (Å²) in [4.78, 5) is 0. The Morgan fingerprint density at radius 2 is 0.386 bits per heavy atom. The second-order valence-corrected chi connectivity index (χ2v) is 17.7. The van der Waals surface area contributed by atoms with E-state index in [1.807, 2.05) is 0 Å². The van der Waals surface area contributed by atoms with Gasteiger partial charge in [-0.25, -0.2) is 0 Å². The fourth-order valence-electron chi connectivity index (χ4n) is 7.81. The zero-order valence-electron chi connectivity index (χ0n) is 31.9. The van der Waals surface area contributed by atoms with Crippen molar-refractivity contribution < 1.29 is 0 Å². The van der Waals surface area contributed by atoms with Crippen LogP contribution in [0.5, 0.6) is 0 Å². The van der Waals surface area contributed by atoms with Crippen molar-refractivity contribution in [3.05, 3.63) is 263 Å². The monoisotopic (exact) mass is 744 g/mol. The molecule has 0 aromatic heterocycles. The highest BCUT2D eigenvalue weighted by molar-refractivity contribution is 7.21. The van der Waals surface area contributed by atoms with Crippen LogP contribution in [0.3, 0.4) is 0 Å². The lowest BCUT2D eigenvalue weighted by atomic mass is 10.1. The summed E-state index contributed by atoms with van der Waals surface area (Å²) in [6, 6.07) is 78.8. The molecule has 8 aromatic carbocycles. The number of hydrogen-bond acceptors (Lipinski definition) is 0. The molecule has 0 heterocycles. The SMILES string of the molecule is C(=Cc1ccccc1[Si](c1ccccc1C=Cc1ccccc1)(c1ccccc1C=Cc1ccccc1)c1ccccc1C=Cc1ccccc1)c1ccccc1.